The maximum atomic E-state index is 14.0. The second-order valence-corrected chi connectivity index (χ2v) is 6.94. The fourth-order valence-corrected chi connectivity index (χ4v) is 3.93. The number of rotatable bonds is 6. The molecule has 0 saturated heterocycles. The maximum absolute atomic E-state index is 14.0. The van der Waals surface area contributed by atoms with E-state index in [1.165, 1.54) is 18.4 Å². The Bertz CT molecular complexity index is 1000. The van der Waals surface area contributed by atoms with E-state index >= 15 is 0 Å². The van der Waals surface area contributed by atoms with Crippen molar-refractivity contribution in [3.05, 3.63) is 52.0 Å². The second-order valence-electron chi connectivity index (χ2n) is 5.95. The molecule has 0 spiro atoms. The lowest BCUT2D eigenvalue weighted by Gasteiger charge is -2.09. The number of nitrogens with zero attached hydrogens (tertiary/aromatic N) is 1. The fourth-order valence-electron chi connectivity index (χ4n) is 2.79. The van der Waals surface area contributed by atoms with E-state index in [0.717, 1.165) is 28.0 Å². The van der Waals surface area contributed by atoms with E-state index in [1.54, 1.807) is 7.05 Å². The number of amides is 1. The van der Waals surface area contributed by atoms with Gasteiger partial charge in [0.15, 0.2) is 11.6 Å². The maximum Gasteiger partial charge on any atom is 0.263 e. The van der Waals surface area contributed by atoms with E-state index in [0.29, 0.717) is 10.6 Å². The molecule has 3 aromatic rings. The molecule has 0 atom stereocenters. The fraction of sp³-hybridized carbons (Fsp3) is 0.263. The van der Waals surface area contributed by atoms with Crippen molar-refractivity contribution < 1.29 is 18.3 Å². The van der Waals surface area contributed by atoms with Crippen molar-refractivity contribution in [3.8, 4) is 5.75 Å². The first kappa shape index (κ1) is 19.0. The van der Waals surface area contributed by atoms with Crippen LogP contribution in [0.15, 0.2) is 24.3 Å². The lowest BCUT2D eigenvalue weighted by molar-refractivity contribution is 0.0959. The van der Waals surface area contributed by atoms with Crippen LogP contribution in [0.3, 0.4) is 0 Å². The van der Waals surface area contributed by atoms with Crippen LogP contribution < -0.4 is 15.4 Å². The molecule has 0 aliphatic rings. The average molecular weight is 391 g/mol. The van der Waals surface area contributed by atoms with Crippen molar-refractivity contribution in [1.29, 1.82) is 0 Å². The molecule has 0 fully saturated rings. The highest BCUT2D eigenvalue weighted by Crippen LogP contribution is 2.34. The molecule has 0 aliphatic carbocycles. The quantitative estimate of drug-likeness (QED) is 0.669. The number of carbonyl (C=O) groups is 1. The van der Waals surface area contributed by atoms with E-state index in [1.807, 2.05) is 19.1 Å². The number of hydrogen-bond acceptors (Lipinski definition) is 5. The summed E-state index contributed by atoms with van der Waals surface area (Å²) in [6.07, 6.45) is 0.162. The first-order valence-electron chi connectivity index (χ1n) is 8.32. The van der Waals surface area contributed by atoms with Crippen molar-refractivity contribution >= 4 is 33.1 Å². The lowest BCUT2D eigenvalue weighted by atomic mass is 10.1. The highest BCUT2D eigenvalue weighted by atomic mass is 32.1. The number of ether oxygens (including phenoxy) is 1. The summed E-state index contributed by atoms with van der Waals surface area (Å²) in [6, 6.07) is 5.90. The van der Waals surface area contributed by atoms with Gasteiger partial charge in [0.05, 0.1) is 12.8 Å². The number of methoxy groups -OCH3 is 1. The van der Waals surface area contributed by atoms with Gasteiger partial charge in [0.1, 0.15) is 15.5 Å². The molecule has 1 aromatic carbocycles. The number of nitrogens with one attached hydrogen (secondary N) is 2. The number of benzene rings is 1. The van der Waals surface area contributed by atoms with E-state index < -0.39 is 11.6 Å². The molecule has 0 radical (unpaired) electrons. The molecule has 2 aromatic heterocycles. The molecule has 2 heterocycles. The second kappa shape index (κ2) is 7.87. The van der Waals surface area contributed by atoms with Gasteiger partial charge in [-0.3, -0.25) is 4.79 Å². The van der Waals surface area contributed by atoms with E-state index in [9.17, 15) is 13.6 Å². The number of hydrogen-bond donors (Lipinski definition) is 2. The van der Waals surface area contributed by atoms with Gasteiger partial charge in [-0.1, -0.05) is 0 Å². The Kier molecular flexibility index (Phi) is 5.55. The predicted molar refractivity (Wildman–Crippen MR) is 103 cm³/mol. The smallest absolute Gasteiger partial charge is 0.263 e. The van der Waals surface area contributed by atoms with Crippen LogP contribution in [0.2, 0.25) is 0 Å². The molecule has 2 N–H and O–H groups in total. The van der Waals surface area contributed by atoms with Crippen molar-refractivity contribution in [1.82, 2.24) is 10.3 Å². The summed E-state index contributed by atoms with van der Waals surface area (Å²) in [6.45, 7) is 2.06. The number of halogens is 2. The van der Waals surface area contributed by atoms with E-state index in [2.05, 4.69) is 15.6 Å². The Morgan fingerprint density at radius 1 is 1.26 bits per heavy atom. The molecular weight excluding hydrogens is 372 g/mol. The van der Waals surface area contributed by atoms with Gasteiger partial charge in [0, 0.05) is 30.7 Å². The summed E-state index contributed by atoms with van der Waals surface area (Å²) in [4.78, 5) is 18.3. The minimum absolute atomic E-state index is 0.146. The third-order valence-electron chi connectivity index (χ3n) is 4.15. The van der Waals surface area contributed by atoms with Crippen LogP contribution in [0.25, 0.3) is 10.2 Å². The number of thiophene rings is 1. The van der Waals surface area contributed by atoms with Gasteiger partial charge in [-0.2, -0.15) is 0 Å². The Balaban J connectivity index is 1.73. The molecule has 0 unspecified atom stereocenters. The zero-order valence-corrected chi connectivity index (χ0v) is 16.0. The van der Waals surface area contributed by atoms with Crippen molar-refractivity contribution in [3.63, 3.8) is 0 Å². The molecule has 0 saturated carbocycles. The number of pyridine rings is 1. The highest BCUT2D eigenvalue weighted by molar-refractivity contribution is 7.21. The summed E-state index contributed by atoms with van der Waals surface area (Å²) in [7, 11) is 3.02. The summed E-state index contributed by atoms with van der Waals surface area (Å²) in [5.41, 5.74) is 1.76. The van der Waals surface area contributed by atoms with Crippen LogP contribution in [0.4, 0.5) is 14.5 Å². The molecule has 1 amide bonds. The number of carbonyl (C=O) groups excluding carboxylic acids is 1. The minimum Gasteiger partial charge on any atom is -0.494 e. The summed E-state index contributed by atoms with van der Waals surface area (Å²) in [5, 5.41) is 6.68. The molecule has 3 rings (SSSR count). The standard InChI is InChI=1S/C19H19F2N3O2S/c1-10-4-5-12-16(22-2)17(27-19(12)24-10)18(25)23-7-6-11-8-14(21)15(26-3)9-13(11)20/h4-5,8-9,22H,6-7H2,1-3H3,(H,23,25). The molecule has 0 bridgehead atoms. The third-order valence-corrected chi connectivity index (χ3v) is 5.25. The molecular formula is C19H19F2N3O2S. The topological polar surface area (TPSA) is 63.2 Å². The monoisotopic (exact) mass is 391 g/mol. The summed E-state index contributed by atoms with van der Waals surface area (Å²) < 4.78 is 32.5. The van der Waals surface area contributed by atoms with Crippen LogP contribution in [0.5, 0.6) is 5.75 Å². The van der Waals surface area contributed by atoms with Crippen LogP contribution >= 0.6 is 11.3 Å². The van der Waals surface area contributed by atoms with E-state index in [-0.39, 0.29) is 30.2 Å². The molecule has 5 nitrogen and oxygen atoms in total. The number of anilines is 1. The predicted octanol–water partition coefficient (Wildman–Crippen LogP) is 3.91. The van der Waals surface area contributed by atoms with Crippen molar-refractivity contribution in [2.24, 2.45) is 0 Å². The van der Waals surface area contributed by atoms with Crippen LogP contribution in [-0.4, -0.2) is 31.6 Å². The van der Waals surface area contributed by atoms with Gasteiger partial charge in [-0.05, 0) is 37.1 Å². The Morgan fingerprint density at radius 2 is 2.04 bits per heavy atom. The Labute approximate surface area is 159 Å². The minimum atomic E-state index is -0.636. The molecule has 8 heteroatoms. The lowest BCUT2D eigenvalue weighted by Crippen LogP contribution is -2.25. The largest absolute Gasteiger partial charge is 0.494 e. The Morgan fingerprint density at radius 3 is 2.74 bits per heavy atom. The number of aryl methyl sites for hydroxylation is 1. The zero-order chi connectivity index (χ0) is 19.6. The highest BCUT2D eigenvalue weighted by Gasteiger charge is 2.18. The van der Waals surface area contributed by atoms with Crippen LogP contribution in [0, 0.1) is 18.6 Å². The van der Waals surface area contributed by atoms with Gasteiger partial charge in [0.25, 0.3) is 5.91 Å². The van der Waals surface area contributed by atoms with Crippen molar-refractivity contribution in [2.45, 2.75) is 13.3 Å². The van der Waals surface area contributed by atoms with Gasteiger partial charge in [-0.15, -0.1) is 11.3 Å². The Hall–Kier alpha value is -2.74. The molecule has 0 aliphatic heterocycles. The van der Waals surface area contributed by atoms with Crippen LogP contribution in [0.1, 0.15) is 20.9 Å². The number of aromatic nitrogens is 1. The number of fused-ring (bicyclic) bond motifs is 1. The van der Waals surface area contributed by atoms with Crippen LogP contribution in [-0.2, 0) is 6.42 Å². The SMILES string of the molecule is CNc1c(C(=O)NCCc2cc(F)c(OC)cc2F)sc2nc(C)ccc12. The van der Waals surface area contributed by atoms with E-state index in [4.69, 9.17) is 4.74 Å². The zero-order valence-electron chi connectivity index (χ0n) is 15.2. The van der Waals surface area contributed by atoms with Crippen molar-refractivity contribution in [2.75, 3.05) is 26.0 Å². The average Bonchev–Trinajstić information content (AvgIpc) is 3.01. The van der Waals surface area contributed by atoms with Gasteiger partial charge >= 0.3 is 0 Å². The van der Waals surface area contributed by atoms with Gasteiger partial charge in [-0.25, -0.2) is 13.8 Å². The van der Waals surface area contributed by atoms with Gasteiger partial charge in [0.2, 0.25) is 0 Å². The summed E-state index contributed by atoms with van der Waals surface area (Å²) in [5.74, 6) is -1.63. The summed E-state index contributed by atoms with van der Waals surface area (Å²) >= 11 is 1.29. The first-order valence-corrected chi connectivity index (χ1v) is 9.14. The normalized spacial score (nSPS) is 10.9. The first-order chi connectivity index (χ1) is 12.9. The van der Waals surface area contributed by atoms with Gasteiger partial charge < -0.3 is 15.4 Å². The molecule has 27 heavy (non-hydrogen) atoms. The third kappa shape index (κ3) is 3.85. The molecule has 142 valence electrons.